The molecule has 1 fully saturated rings. The number of benzene rings is 1. The summed E-state index contributed by atoms with van der Waals surface area (Å²) < 4.78 is 5.03. The van der Waals surface area contributed by atoms with E-state index in [1.54, 1.807) is 0 Å². The van der Waals surface area contributed by atoms with Gasteiger partial charge < -0.3 is 15.2 Å². The number of carbonyl (C=O) groups is 1. The zero-order valence-corrected chi connectivity index (χ0v) is 10.9. The Balaban J connectivity index is 0.00000120. The van der Waals surface area contributed by atoms with Crippen molar-refractivity contribution in [3.63, 3.8) is 0 Å². The molecule has 1 aromatic carbocycles. The molecule has 0 bridgehead atoms. The van der Waals surface area contributed by atoms with Gasteiger partial charge >= 0.3 is 5.97 Å². The van der Waals surface area contributed by atoms with Crippen LogP contribution in [-0.2, 0) is 11.3 Å². The second-order valence-electron chi connectivity index (χ2n) is 4.71. The summed E-state index contributed by atoms with van der Waals surface area (Å²) in [5.74, 6) is -0.115. The van der Waals surface area contributed by atoms with E-state index >= 15 is 0 Å². The number of hydrogen-bond donors (Lipinski definition) is 2. The average molecular weight is 270 g/mol. The van der Waals surface area contributed by atoms with Crippen LogP contribution in [0.3, 0.4) is 0 Å². The molecule has 4 nitrogen and oxygen atoms in total. The maximum absolute atomic E-state index is 11.4. The molecule has 2 atom stereocenters. The lowest BCUT2D eigenvalue weighted by Gasteiger charge is -2.17. The summed E-state index contributed by atoms with van der Waals surface area (Å²) in [4.78, 5) is 11.4. The van der Waals surface area contributed by atoms with Crippen LogP contribution in [0.25, 0.3) is 0 Å². The van der Waals surface area contributed by atoms with Gasteiger partial charge in [0.2, 0.25) is 0 Å². The van der Waals surface area contributed by atoms with Crippen LogP contribution in [0.2, 0.25) is 0 Å². The van der Waals surface area contributed by atoms with Crippen molar-refractivity contribution in [3.05, 3.63) is 34.4 Å². The number of β-amino-alcohol motifs (C(OH)–C–C–N with tert-alkyl or cyclic N) is 1. The number of aliphatic hydroxyl groups is 1. The molecular formula is C13H16ClNO3. The highest BCUT2D eigenvalue weighted by atomic mass is 35.5. The molecule has 0 amide bonds. The molecule has 2 N–H and O–H groups in total. The number of aliphatic hydroxyl groups excluding tert-OH is 1. The number of carbonyl (C=O) groups excluding carboxylic acids is 1. The van der Waals surface area contributed by atoms with E-state index in [9.17, 15) is 9.90 Å². The first-order valence-corrected chi connectivity index (χ1v) is 5.86. The minimum absolute atomic E-state index is 0. The normalized spacial score (nSPS) is 25.6. The third-order valence-electron chi connectivity index (χ3n) is 3.79. The highest BCUT2D eigenvalue weighted by Crippen LogP contribution is 2.32. The maximum Gasteiger partial charge on any atom is 0.338 e. The van der Waals surface area contributed by atoms with Crippen molar-refractivity contribution in [2.45, 2.75) is 25.6 Å². The van der Waals surface area contributed by atoms with Gasteiger partial charge in [0.15, 0.2) is 0 Å². The minimum Gasteiger partial charge on any atom is -0.457 e. The lowest BCUT2D eigenvalue weighted by Crippen LogP contribution is -2.17. The van der Waals surface area contributed by atoms with Crippen LogP contribution in [0.5, 0.6) is 0 Å². The smallest absolute Gasteiger partial charge is 0.338 e. The summed E-state index contributed by atoms with van der Waals surface area (Å²) in [5.41, 5.74) is 3.86. The Morgan fingerprint density at radius 1 is 1.39 bits per heavy atom. The van der Waals surface area contributed by atoms with E-state index in [1.807, 2.05) is 19.1 Å². The van der Waals surface area contributed by atoms with Crippen LogP contribution in [0, 0.1) is 6.92 Å². The third kappa shape index (κ3) is 1.90. The van der Waals surface area contributed by atoms with Crippen LogP contribution in [-0.4, -0.2) is 30.3 Å². The van der Waals surface area contributed by atoms with Crippen molar-refractivity contribution in [1.29, 1.82) is 0 Å². The number of nitrogens with one attached hydrogen (secondary N) is 1. The number of cyclic esters (lactones) is 1. The lowest BCUT2D eigenvalue weighted by molar-refractivity contribution is 0.0535. The number of halogens is 1. The largest absolute Gasteiger partial charge is 0.457 e. The van der Waals surface area contributed by atoms with Gasteiger partial charge in [-0.2, -0.15) is 0 Å². The van der Waals surface area contributed by atoms with Crippen LogP contribution in [0.15, 0.2) is 12.1 Å². The van der Waals surface area contributed by atoms with Gasteiger partial charge in [-0.05, 0) is 24.1 Å². The van der Waals surface area contributed by atoms with Gasteiger partial charge in [-0.15, -0.1) is 12.4 Å². The van der Waals surface area contributed by atoms with Gasteiger partial charge in [-0.1, -0.05) is 6.07 Å². The summed E-state index contributed by atoms with van der Waals surface area (Å²) in [5, 5.41) is 13.1. The standard InChI is InChI=1S/C13H15NO3.ClH/c1-7-8(10-4-14-5-12(10)15)2-3-9-11(7)6-17-13(9)16;/h2-3,10,12,14-15H,4-6H2,1H3;1H. The van der Waals surface area contributed by atoms with Crippen LogP contribution in [0.1, 0.15) is 33.0 Å². The molecule has 0 aromatic heterocycles. The Morgan fingerprint density at radius 3 is 2.83 bits per heavy atom. The van der Waals surface area contributed by atoms with Crippen molar-refractivity contribution < 1.29 is 14.6 Å². The molecule has 98 valence electrons. The van der Waals surface area contributed by atoms with E-state index in [0.717, 1.165) is 23.2 Å². The van der Waals surface area contributed by atoms with Crippen LogP contribution < -0.4 is 5.32 Å². The molecule has 1 aromatic rings. The van der Waals surface area contributed by atoms with Crippen molar-refractivity contribution in [2.24, 2.45) is 0 Å². The number of hydrogen-bond acceptors (Lipinski definition) is 4. The van der Waals surface area contributed by atoms with Gasteiger partial charge in [0.1, 0.15) is 6.61 Å². The van der Waals surface area contributed by atoms with Gasteiger partial charge in [0, 0.05) is 24.6 Å². The van der Waals surface area contributed by atoms with Crippen molar-refractivity contribution in [3.8, 4) is 0 Å². The lowest BCUT2D eigenvalue weighted by atomic mass is 9.88. The number of rotatable bonds is 1. The van der Waals surface area contributed by atoms with Crippen LogP contribution in [0.4, 0.5) is 0 Å². The van der Waals surface area contributed by atoms with E-state index in [-0.39, 0.29) is 30.4 Å². The summed E-state index contributed by atoms with van der Waals surface area (Å²) >= 11 is 0. The van der Waals surface area contributed by atoms with E-state index in [0.29, 0.717) is 18.7 Å². The molecule has 18 heavy (non-hydrogen) atoms. The molecule has 0 aliphatic carbocycles. The molecule has 2 aliphatic rings. The Bertz CT molecular complexity index is 489. The molecule has 2 aliphatic heterocycles. The van der Waals surface area contributed by atoms with Gasteiger partial charge in [-0.25, -0.2) is 4.79 Å². The maximum atomic E-state index is 11.4. The highest BCUT2D eigenvalue weighted by molar-refractivity contribution is 5.94. The molecule has 0 saturated carbocycles. The Labute approximate surface area is 112 Å². The Morgan fingerprint density at radius 2 is 2.17 bits per heavy atom. The summed E-state index contributed by atoms with van der Waals surface area (Å²) in [6, 6.07) is 3.76. The summed E-state index contributed by atoms with van der Waals surface area (Å²) in [7, 11) is 0. The van der Waals surface area contributed by atoms with E-state index in [2.05, 4.69) is 5.32 Å². The fourth-order valence-corrected chi connectivity index (χ4v) is 2.75. The molecule has 0 radical (unpaired) electrons. The molecule has 1 saturated heterocycles. The van der Waals surface area contributed by atoms with Crippen molar-refractivity contribution >= 4 is 18.4 Å². The van der Waals surface area contributed by atoms with E-state index in [1.165, 1.54) is 0 Å². The number of esters is 1. The molecule has 0 spiro atoms. The SMILES string of the molecule is Cc1c(C2CNCC2O)ccc2c1COC2=O.Cl. The molecule has 2 unspecified atom stereocenters. The molecule has 2 heterocycles. The summed E-state index contributed by atoms with van der Waals surface area (Å²) in [6.45, 7) is 3.79. The average Bonchev–Trinajstić information content (AvgIpc) is 2.88. The highest BCUT2D eigenvalue weighted by Gasteiger charge is 2.31. The quantitative estimate of drug-likeness (QED) is 0.751. The Hall–Kier alpha value is -1.10. The fourth-order valence-electron chi connectivity index (χ4n) is 2.75. The monoisotopic (exact) mass is 269 g/mol. The second-order valence-corrected chi connectivity index (χ2v) is 4.71. The third-order valence-corrected chi connectivity index (χ3v) is 3.79. The number of fused-ring (bicyclic) bond motifs is 1. The van der Waals surface area contributed by atoms with Gasteiger partial charge in [-0.3, -0.25) is 0 Å². The first-order chi connectivity index (χ1) is 8.18. The van der Waals surface area contributed by atoms with Gasteiger partial charge in [0.05, 0.1) is 11.7 Å². The first kappa shape index (κ1) is 13.3. The molecule has 5 heteroatoms. The predicted molar refractivity (Wildman–Crippen MR) is 69.2 cm³/mol. The van der Waals surface area contributed by atoms with Crippen LogP contribution >= 0.6 is 12.4 Å². The molecule has 3 rings (SSSR count). The fraction of sp³-hybridized carbons (Fsp3) is 0.462. The number of ether oxygens (including phenoxy) is 1. The summed E-state index contributed by atoms with van der Waals surface area (Å²) in [6.07, 6.45) is -0.343. The minimum atomic E-state index is -0.343. The topological polar surface area (TPSA) is 58.6 Å². The zero-order valence-electron chi connectivity index (χ0n) is 10.1. The van der Waals surface area contributed by atoms with E-state index in [4.69, 9.17) is 4.74 Å². The molecular weight excluding hydrogens is 254 g/mol. The second kappa shape index (κ2) is 4.88. The predicted octanol–water partition coefficient (Wildman–Crippen LogP) is 1.13. The van der Waals surface area contributed by atoms with E-state index < -0.39 is 0 Å². The first-order valence-electron chi connectivity index (χ1n) is 5.86. The van der Waals surface area contributed by atoms with Crippen molar-refractivity contribution in [2.75, 3.05) is 13.1 Å². The Kier molecular flexibility index (Phi) is 3.61. The van der Waals surface area contributed by atoms with Gasteiger partial charge in [0.25, 0.3) is 0 Å². The van der Waals surface area contributed by atoms with Crippen molar-refractivity contribution in [1.82, 2.24) is 5.32 Å². The zero-order chi connectivity index (χ0) is 12.0.